The van der Waals surface area contributed by atoms with E-state index in [-0.39, 0.29) is 12.6 Å². The number of Topliss-reactive ketones (excluding diaryl/α,β-unsaturated/α-hetero) is 1. The van der Waals surface area contributed by atoms with Gasteiger partial charge in [0.25, 0.3) is 0 Å². The number of ketones is 1. The van der Waals surface area contributed by atoms with Crippen LogP contribution >= 0.6 is 0 Å². The van der Waals surface area contributed by atoms with Crippen LogP contribution in [0.2, 0.25) is 0 Å². The Bertz CT molecular complexity index is 429. The van der Waals surface area contributed by atoms with Crippen molar-refractivity contribution in [1.82, 2.24) is 4.90 Å². The van der Waals surface area contributed by atoms with Crippen molar-refractivity contribution in [3.63, 3.8) is 0 Å². The Balaban J connectivity index is 2.31. The summed E-state index contributed by atoms with van der Waals surface area (Å²) in [4.78, 5) is 13.7. The molecule has 0 radical (unpaired) electrons. The van der Waals surface area contributed by atoms with Gasteiger partial charge in [-0.2, -0.15) is 0 Å². The molecule has 1 aromatic carbocycles. The lowest BCUT2D eigenvalue weighted by Crippen LogP contribution is -2.22. The second-order valence-electron chi connectivity index (χ2n) is 3.95. The van der Waals surface area contributed by atoms with Gasteiger partial charge in [0.1, 0.15) is 0 Å². The first-order valence-electron chi connectivity index (χ1n) is 4.95. The second-order valence-corrected chi connectivity index (χ2v) is 3.95. The predicted molar refractivity (Wildman–Crippen MR) is 59.9 cm³/mol. The van der Waals surface area contributed by atoms with E-state index in [4.69, 9.17) is 15.2 Å². The van der Waals surface area contributed by atoms with Crippen LogP contribution in [-0.4, -0.2) is 38.1 Å². The van der Waals surface area contributed by atoms with E-state index in [1.165, 1.54) is 0 Å². The van der Waals surface area contributed by atoms with Gasteiger partial charge < -0.3 is 20.1 Å². The molecular weight excluding hydrogens is 208 g/mol. The van der Waals surface area contributed by atoms with Gasteiger partial charge in [-0.05, 0) is 20.2 Å². The zero-order chi connectivity index (χ0) is 11.7. The number of benzene rings is 1. The molecule has 0 spiro atoms. The number of hydrogen-bond donors (Lipinski definition) is 1. The molecule has 0 saturated carbocycles. The maximum atomic E-state index is 11.9. The summed E-state index contributed by atoms with van der Waals surface area (Å²) >= 11 is 0. The molecule has 0 unspecified atom stereocenters. The molecule has 86 valence electrons. The molecule has 5 heteroatoms. The number of carbonyl (C=O) groups is 1. The minimum Gasteiger partial charge on any atom is -0.454 e. The summed E-state index contributed by atoms with van der Waals surface area (Å²) in [7, 11) is 3.67. The standard InChI is InChI=1S/C11H14N2O3/c1-13(2)5-9(14)7-3-10-11(4-8(7)12)16-6-15-10/h3-4H,5-6,12H2,1-2H3. The minimum atomic E-state index is -0.0270. The van der Waals surface area contributed by atoms with E-state index in [2.05, 4.69) is 0 Å². The molecule has 0 saturated heterocycles. The van der Waals surface area contributed by atoms with Gasteiger partial charge in [0.05, 0.1) is 6.54 Å². The van der Waals surface area contributed by atoms with E-state index in [1.54, 1.807) is 17.0 Å². The molecular formula is C11H14N2O3. The monoisotopic (exact) mass is 222 g/mol. The normalized spacial score (nSPS) is 13.2. The molecule has 0 aliphatic carbocycles. The fourth-order valence-electron chi connectivity index (χ4n) is 1.57. The Morgan fingerprint density at radius 2 is 2.00 bits per heavy atom. The van der Waals surface area contributed by atoms with Crippen molar-refractivity contribution in [2.24, 2.45) is 0 Å². The number of rotatable bonds is 3. The molecule has 0 amide bonds. The number of nitrogens with two attached hydrogens (primary N) is 1. The van der Waals surface area contributed by atoms with Crippen molar-refractivity contribution in [3.8, 4) is 11.5 Å². The molecule has 1 aromatic rings. The largest absolute Gasteiger partial charge is 0.454 e. The van der Waals surface area contributed by atoms with Crippen LogP contribution in [0.5, 0.6) is 11.5 Å². The molecule has 1 aliphatic heterocycles. The highest BCUT2D eigenvalue weighted by Crippen LogP contribution is 2.36. The lowest BCUT2D eigenvalue weighted by molar-refractivity contribution is 0.0958. The van der Waals surface area contributed by atoms with Gasteiger partial charge in [-0.1, -0.05) is 0 Å². The van der Waals surface area contributed by atoms with Crippen LogP contribution < -0.4 is 15.2 Å². The second kappa shape index (κ2) is 4.02. The highest BCUT2D eigenvalue weighted by molar-refractivity contribution is 6.02. The molecule has 1 aliphatic rings. The van der Waals surface area contributed by atoms with E-state index in [1.807, 2.05) is 14.1 Å². The van der Waals surface area contributed by atoms with E-state index >= 15 is 0 Å². The van der Waals surface area contributed by atoms with Crippen LogP contribution in [-0.2, 0) is 0 Å². The van der Waals surface area contributed by atoms with Crippen molar-refractivity contribution in [2.75, 3.05) is 33.2 Å². The molecule has 16 heavy (non-hydrogen) atoms. The highest BCUT2D eigenvalue weighted by Gasteiger charge is 2.19. The number of nitrogens with zero attached hydrogens (tertiary/aromatic N) is 1. The number of carbonyl (C=O) groups excluding carboxylic acids is 1. The third-order valence-electron chi connectivity index (χ3n) is 2.30. The predicted octanol–water partition coefficient (Wildman–Crippen LogP) is 0.742. The van der Waals surface area contributed by atoms with E-state index in [0.717, 1.165) is 0 Å². The average molecular weight is 222 g/mol. The smallest absolute Gasteiger partial charge is 0.231 e. The molecule has 2 rings (SSSR count). The number of nitrogen functional groups attached to an aromatic ring is 1. The SMILES string of the molecule is CN(C)CC(=O)c1cc2c(cc1N)OCO2. The Labute approximate surface area is 93.7 Å². The zero-order valence-electron chi connectivity index (χ0n) is 9.32. The first-order chi connectivity index (χ1) is 7.58. The maximum absolute atomic E-state index is 11.9. The van der Waals surface area contributed by atoms with Crippen LogP contribution in [0.3, 0.4) is 0 Å². The van der Waals surface area contributed by atoms with Gasteiger partial charge in [0, 0.05) is 17.3 Å². The number of hydrogen-bond acceptors (Lipinski definition) is 5. The summed E-state index contributed by atoms with van der Waals surface area (Å²) in [5, 5.41) is 0. The Kier molecular flexibility index (Phi) is 2.70. The van der Waals surface area contributed by atoms with Gasteiger partial charge in [-0.3, -0.25) is 4.79 Å². The molecule has 0 atom stereocenters. The average Bonchev–Trinajstić information content (AvgIpc) is 2.61. The third-order valence-corrected chi connectivity index (χ3v) is 2.30. The van der Waals surface area contributed by atoms with Crippen LogP contribution in [0, 0.1) is 0 Å². The quantitative estimate of drug-likeness (QED) is 0.603. The summed E-state index contributed by atoms with van der Waals surface area (Å²) in [5.41, 5.74) is 6.71. The van der Waals surface area contributed by atoms with Crippen molar-refractivity contribution < 1.29 is 14.3 Å². The van der Waals surface area contributed by atoms with Gasteiger partial charge in [0.2, 0.25) is 6.79 Å². The maximum Gasteiger partial charge on any atom is 0.231 e. The van der Waals surface area contributed by atoms with Gasteiger partial charge in [0.15, 0.2) is 17.3 Å². The molecule has 0 bridgehead atoms. The van der Waals surface area contributed by atoms with Crippen LogP contribution in [0.4, 0.5) is 5.69 Å². The van der Waals surface area contributed by atoms with E-state index in [9.17, 15) is 4.79 Å². The molecule has 0 fully saturated rings. The molecule has 1 heterocycles. The van der Waals surface area contributed by atoms with Crippen LogP contribution in [0.1, 0.15) is 10.4 Å². The Morgan fingerprint density at radius 1 is 1.38 bits per heavy atom. The summed E-state index contributed by atoms with van der Waals surface area (Å²) in [6, 6.07) is 3.27. The van der Waals surface area contributed by atoms with Gasteiger partial charge in [-0.15, -0.1) is 0 Å². The van der Waals surface area contributed by atoms with Crippen LogP contribution in [0.15, 0.2) is 12.1 Å². The first-order valence-corrected chi connectivity index (χ1v) is 4.95. The van der Waals surface area contributed by atoms with Crippen molar-refractivity contribution >= 4 is 11.5 Å². The summed E-state index contributed by atoms with van der Waals surface area (Å²) in [6.45, 7) is 0.504. The molecule has 2 N–H and O–H groups in total. The highest BCUT2D eigenvalue weighted by atomic mass is 16.7. The summed E-state index contributed by atoms with van der Waals surface area (Å²) < 4.78 is 10.4. The summed E-state index contributed by atoms with van der Waals surface area (Å²) in [6.07, 6.45) is 0. The zero-order valence-corrected chi connectivity index (χ0v) is 9.32. The van der Waals surface area contributed by atoms with Gasteiger partial charge >= 0.3 is 0 Å². The summed E-state index contributed by atoms with van der Waals surface area (Å²) in [5.74, 6) is 1.15. The fourth-order valence-corrected chi connectivity index (χ4v) is 1.57. The van der Waals surface area contributed by atoms with E-state index < -0.39 is 0 Å². The fraction of sp³-hybridized carbons (Fsp3) is 0.364. The Hall–Kier alpha value is -1.75. The first kappa shape index (κ1) is 10.8. The lowest BCUT2D eigenvalue weighted by atomic mass is 10.1. The number of likely N-dealkylation sites (N-methyl/N-ethyl adjacent to an activating group) is 1. The molecule has 0 aromatic heterocycles. The number of ether oxygens (including phenoxy) is 2. The van der Waals surface area contributed by atoms with Crippen LogP contribution in [0.25, 0.3) is 0 Å². The van der Waals surface area contributed by atoms with Crippen molar-refractivity contribution in [2.45, 2.75) is 0 Å². The lowest BCUT2D eigenvalue weighted by Gasteiger charge is -2.10. The topological polar surface area (TPSA) is 64.8 Å². The van der Waals surface area contributed by atoms with Crippen molar-refractivity contribution in [3.05, 3.63) is 17.7 Å². The Morgan fingerprint density at radius 3 is 2.62 bits per heavy atom. The third kappa shape index (κ3) is 1.94. The van der Waals surface area contributed by atoms with E-state index in [0.29, 0.717) is 29.3 Å². The minimum absolute atomic E-state index is 0.0270. The van der Waals surface area contributed by atoms with Crippen molar-refractivity contribution in [1.29, 1.82) is 0 Å². The van der Waals surface area contributed by atoms with Gasteiger partial charge in [-0.25, -0.2) is 0 Å². The number of fused-ring (bicyclic) bond motifs is 1. The number of anilines is 1. The molecule has 5 nitrogen and oxygen atoms in total.